The fraction of sp³-hybridized carbons (Fsp3) is 0.167. The maximum atomic E-state index is 4.59. The van der Waals surface area contributed by atoms with E-state index in [4.69, 9.17) is 0 Å². The number of thioether (sulfide) groups is 1. The number of hydrogen-bond acceptors (Lipinski definition) is 7. The minimum absolute atomic E-state index is 0.817. The summed E-state index contributed by atoms with van der Waals surface area (Å²) in [6, 6.07) is 5.86. The van der Waals surface area contributed by atoms with Crippen molar-refractivity contribution in [3.05, 3.63) is 40.5 Å². The van der Waals surface area contributed by atoms with Gasteiger partial charge in [-0.05, 0) is 19.1 Å². The Morgan fingerprint density at radius 2 is 2.21 bits per heavy atom. The van der Waals surface area contributed by atoms with Gasteiger partial charge in [0.2, 0.25) is 0 Å². The van der Waals surface area contributed by atoms with Gasteiger partial charge in [-0.1, -0.05) is 29.2 Å². The molecule has 3 aromatic heterocycles. The number of nitrogens with zero attached hydrogens (tertiary/aromatic N) is 4. The first-order valence-electron chi connectivity index (χ1n) is 5.60. The van der Waals surface area contributed by atoms with Gasteiger partial charge in [0, 0.05) is 17.3 Å². The van der Waals surface area contributed by atoms with Gasteiger partial charge < -0.3 is 0 Å². The van der Waals surface area contributed by atoms with Gasteiger partial charge in [0.1, 0.15) is 10.0 Å². The molecule has 0 saturated carbocycles. The second-order valence-electron chi connectivity index (χ2n) is 3.73. The molecule has 3 aromatic rings. The van der Waals surface area contributed by atoms with Crippen LogP contribution >= 0.6 is 34.4 Å². The molecule has 0 unspecified atom stereocenters. The van der Waals surface area contributed by atoms with Gasteiger partial charge in [0.05, 0.1) is 11.4 Å². The smallest absolute Gasteiger partial charge is 0.174 e. The van der Waals surface area contributed by atoms with Crippen molar-refractivity contribution in [2.75, 3.05) is 0 Å². The van der Waals surface area contributed by atoms with E-state index in [1.807, 2.05) is 25.1 Å². The zero-order valence-corrected chi connectivity index (χ0v) is 12.6. The third kappa shape index (κ3) is 3.17. The number of rotatable bonds is 4. The van der Waals surface area contributed by atoms with Crippen LogP contribution in [0, 0.1) is 6.92 Å². The summed E-state index contributed by atoms with van der Waals surface area (Å²) in [6.07, 6.45) is 1.79. The van der Waals surface area contributed by atoms with Crippen LogP contribution < -0.4 is 0 Å². The van der Waals surface area contributed by atoms with Gasteiger partial charge in [-0.2, -0.15) is 0 Å². The summed E-state index contributed by atoms with van der Waals surface area (Å²) in [7, 11) is 0. The number of hydrogen-bond donors (Lipinski definition) is 0. The highest BCUT2D eigenvalue weighted by Crippen LogP contribution is 2.28. The van der Waals surface area contributed by atoms with Crippen LogP contribution in [0.15, 0.2) is 34.1 Å². The third-order valence-corrected chi connectivity index (χ3v) is 5.21. The van der Waals surface area contributed by atoms with E-state index >= 15 is 0 Å². The Balaban J connectivity index is 1.68. The van der Waals surface area contributed by atoms with Crippen molar-refractivity contribution in [1.82, 2.24) is 20.2 Å². The molecule has 0 aliphatic heterocycles. The molecule has 3 rings (SSSR count). The molecule has 0 amide bonds. The van der Waals surface area contributed by atoms with Crippen molar-refractivity contribution in [3.8, 4) is 10.7 Å². The van der Waals surface area contributed by atoms with Crippen LogP contribution in [0.3, 0.4) is 0 Å². The normalized spacial score (nSPS) is 10.8. The molecule has 0 bridgehead atoms. The highest BCUT2D eigenvalue weighted by atomic mass is 32.2. The molecule has 0 aliphatic carbocycles. The van der Waals surface area contributed by atoms with E-state index in [-0.39, 0.29) is 0 Å². The Kier molecular flexibility index (Phi) is 3.86. The molecule has 0 atom stereocenters. The van der Waals surface area contributed by atoms with E-state index in [0.29, 0.717) is 0 Å². The minimum atomic E-state index is 0.817. The summed E-state index contributed by atoms with van der Waals surface area (Å²) in [4.78, 5) is 8.90. The molecular weight excluding hydrogens is 296 g/mol. The SMILES string of the molecule is Cc1nnc(SCc2csc(-c3ccccn3)n2)s1. The molecule has 0 spiro atoms. The van der Waals surface area contributed by atoms with Crippen LogP contribution in [0.5, 0.6) is 0 Å². The largest absolute Gasteiger partial charge is 0.254 e. The maximum Gasteiger partial charge on any atom is 0.174 e. The highest BCUT2D eigenvalue weighted by Gasteiger charge is 2.07. The number of thiazole rings is 1. The van der Waals surface area contributed by atoms with E-state index in [1.165, 1.54) is 0 Å². The average molecular weight is 306 g/mol. The Labute approximate surface area is 123 Å². The first kappa shape index (κ1) is 12.7. The molecule has 4 nitrogen and oxygen atoms in total. The maximum absolute atomic E-state index is 4.59. The Bertz CT molecular complexity index is 662. The summed E-state index contributed by atoms with van der Waals surface area (Å²) in [5.74, 6) is 0.817. The van der Waals surface area contributed by atoms with Gasteiger partial charge in [-0.25, -0.2) is 4.98 Å². The standard InChI is InChI=1S/C12H10N4S3/c1-8-15-16-12(19-8)18-7-9-6-17-11(14-9)10-4-2-3-5-13-10/h2-6H,7H2,1H3. The zero-order valence-electron chi connectivity index (χ0n) is 10.1. The molecule has 0 aliphatic rings. The molecular formula is C12H10N4S3. The van der Waals surface area contributed by atoms with Gasteiger partial charge in [-0.3, -0.25) is 4.98 Å². The van der Waals surface area contributed by atoms with E-state index in [0.717, 1.165) is 31.5 Å². The summed E-state index contributed by atoms with van der Waals surface area (Å²) in [6.45, 7) is 1.96. The zero-order chi connectivity index (χ0) is 13.1. The molecule has 0 aromatic carbocycles. The van der Waals surface area contributed by atoms with Gasteiger partial charge in [0.15, 0.2) is 4.34 Å². The van der Waals surface area contributed by atoms with Crippen molar-refractivity contribution in [1.29, 1.82) is 0 Å². The second-order valence-corrected chi connectivity index (χ2v) is 7.00. The Morgan fingerprint density at radius 3 is 2.95 bits per heavy atom. The third-order valence-electron chi connectivity index (χ3n) is 2.29. The van der Waals surface area contributed by atoms with Crippen molar-refractivity contribution < 1.29 is 0 Å². The summed E-state index contributed by atoms with van der Waals surface area (Å²) < 4.78 is 0.991. The fourth-order valence-corrected chi connectivity index (χ4v) is 4.06. The monoisotopic (exact) mass is 306 g/mol. The van der Waals surface area contributed by atoms with E-state index in [1.54, 1.807) is 40.6 Å². The van der Waals surface area contributed by atoms with Crippen LogP contribution in [0.4, 0.5) is 0 Å². The molecule has 0 N–H and O–H groups in total. The predicted octanol–water partition coefficient (Wildman–Crippen LogP) is 3.66. The first-order chi connectivity index (χ1) is 9.31. The van der Waals surface area contributed by atoms with Crippen LogP contribution in [0.2, 0.25) is 0 Å². The van der Waals surface area contributed by atoms with Crippen LogP contribution in [-0.2, 0) is 5.75 Å². The summed E-state index contributed by atoms with van der Waals surface area (Å²) >= 11 is 4.91. The lowest BCUT2D eigenvalue weighted by Gasteiger charge is -1.94. The predicted molar refractivity (Wildman–Crippen MR) is 79.6 cm³/mol. The van der Waals surface area contributed by atoms with Gasteiger partial charge in [0.25, 0.3) is 0 Å². The molecule has 3 heterocycles. The number of aryl methyl sites for hydroxylation is 1. The van der Waals surface area contributed by atoms with Crippen LogP contribution in [0.1, 0.15) is 10.7 Å². The molecule has 96 valence electrons. The van der Waals surface area contributed by atoms with Crippen LogP contribution in [-0.4, -0.2) is 20.2 Å². The number of pyridine rings is 1. The second kappa shape index (κ2) is 5.77. The van der Waals surface area contributed by atoms with E-state index in [2.05, 4.69) is 25.5 Å². The quantitative estimate of drug-likeness (QED) is 0.689. The highest BCUT2D eigenvalue weighted by molar-refractivity contribution is 8.00. The Hall–Kier alpha value is -1.31. The topological polar surface area (TPSA) is 51.6 Å². The lowest BCUT2D eigenvalue weighted by molar-refractivity contribution is 0.983. The van der Waals surface area contributed by atoms with Crippen molar-refractivity contribution in [2.45, 2.75) is 17.0 Å². The van der Waals surface area contributed by atoms with Crippen LogP contribution in [0.25, 0.3) is 10.7 Å². The lowest BCUT2D eigenvalue weighted by Crippen LogP contribution is -1.83. The minimum Gasteiger partial charge on any atom is -0.254 e. The fourth-order valence-electron chi connectivity index (χ4n) is 1.45. The van der Waals surface area contributed by atoms with Crippen molar-refractivity contribution in [3.63, 3.8) is 0 Å². The lowest BCUT2D eigenvalue weighted by atomic mass is 10.4. The summed E-state index contributed by atoms with van der Waals surface area (Å²) in [5, 5.41) is 12.1. The molecule has 19 heavy (non-hydrogen) atoms. The molecule has 0 saturated heterocycles. The van der Waals surface area contributed by atoms with E-state index < -0.39 is 0 Å². The van der Waals surface area contributed by atoms with E-state index in [9.17, 15) is 0 Å². The average Bonchev–Trinajstić information content (AvgIpc) is 3.06. The van der Waals surface area contributed by atoms with Gasteiger partial charge >= 0.3 is 0 Å². The first-order valence-corrected chi connectivity index (χ1v) is 8.28. The van der Waals surface area contributed by atoms with Gasteiger partial charge in [-0.15, -0.1) is 21.5 Å². The molecule has 7 heteroatoms. The number of aromatic nitrogens is 4. The molecule has 0 fully saturated rings. The van der Waals surface area contributed by atoms with Crippen molar-refractivity contribution in [2.24, 2.45) is 0 Å². The Morgan fingerprint density at radius 1 is 1.26 bits per heavy atom. The molecule has 0 radical (unpaired) electrons. The van der Waals surface area contributed by atoms with Crippen molar-refractivity contribution >= 4 is 34.4 Å². The summed E-state index contributed by atoms with van der Waals surface area (Å²) in [5.41, 5.74) is 1.99.